The van der Waals surface area contributed by atoms with Gasteiger partial charge in [-0.25, -0.2) is 17.5 Å². The van der Waals surface area contributed by atoms with Gasteiger partial charge in [0.15, 0.2) is 0 Å². The Bertz CT molecular complexity index is 682. The summed E-state index contributed by atoms with van der Waals surface area (Å²) in [5.74, 6) is -0.801. The molecular formula is C12H13FN2O2S2. The summed E-state index contributed by atoms with van der Waals surface area (Å²) >= 11 is 1.42. The number of rotatable bonds is 4. The van der Waals surface area contributed by atoms with Gasteiger partial charge in [0.05, 0.1) is 0 Å². The highest BCUT2D eigenvalue weighted by molar-refractivity contribution is 7.89. The van der Waals surface area contributed by atoms with E-state index in [1.165, 1.54) is 11.3 Å². The van der Waals surface area contributed by atoms with Crippen LogP contribution in [0, 0.1) is 12.7 Å². The smallest absolute Gasteiger partial charge is 0.243 e. The van der Waals surface area contributed by atoms with Gasteiger partial charge in [-0.1, -0.05) is 6.07 Å². The molecule has 0 fully saturated rings. The monoisotopic (exact) mass is 300 g/mol. The van der Waals surface area contributed by atoms with Crippen LogP contribution in [0.4, 0.5) is 10.1 Å². The summed E-state index contributed by atoms with van der Waals surface area (Å²) < 4.78 is 40.1. The summed E-state index contributed by atoms with van der Waals surface area (Å²) in [6.07, 6.45) is 0. The van der Waals surface area contributed by atoms with Crippen molar-refractivity contribution in [3.63, 3.8) is 0 Å². The van der Waals surface area contributed by atoms with Gasteiger partial charge in [-0.3, -0.25) is 0 Å². The lowest BCUT2D eigenvalue weighted by atomic mass is 10.2. The standard InChI is InChI=1S/C12H13FN2O2S2/c1-8-5-10(13)12(6-11(8)14)19(16,17)15-7-9-3-2-4-18-9/h2-6,15H,7,14H2,1H3. The zero-order chi connectivity index (χ0) is 14.0. The SMILES string of the molecule is Cc1cc(F)c(S(=O)(=O)NCc2cccs2)cc1N. The lowest BCUT2D eigenvalue weighted by Crippen LogP contribution is -2.24. The van der Waals surface area contributed by atoms with Crippen molar-refractivity contribution in [3.05, 3.63) is 45.9 Å². The quantitative estimate of drug-likeness (QED) is 0.851. The van der Waals surface area contributed by atoms with Gasteiger partial charge in [-0.05, 0) is 36.1 Å². The summed E-state index contributed by atoms with van der Waals surface area (Å²) in [6, 6.07) is 5.88. The maximum Gasteiger partial charge on any atom is 0.243 e. The van der Waals surface area contributed by atoms with E-state index in [1.807, 2.05) is 11.4 Å². The number of nitrogens with two attached hydrogens (primary N) is 1. The number of thiophene rings is 1. The first-order valence-electron chi connectivity index (χ1n) is 5.48. The molecule has 2 aromatic rings. The van der Waals surface area contributed by atoms with E-state index in [2.05, 4.69) is 4.72 Å². The molecule has 0 aliphatic heterocycles. The van der Waals surface area contributed by atoms with Crippen molar-refractivity contribution in [2.75, 3.05) is 5.73 Å². The van der Waals surface area contributed by atoms with Gasteiger partial charge in [0.2, 0.25) is 10.0 Å². The minimum atomic E-state index is -3.90. The molecule has 2 rings (SSSR count). The van der Waals surface area contributed by atoms with E-state index in [-0.39, 0.29) is 12.2 Å². The predicted molar refractivity (Wildman–Crippen MR) is 73.9 cm³/mol. The van der Waals surface area contributed by atoms with E-state index in [0.29, 0.717) is 5.56 Å². The lowest BCUT2D eigenvalue weighted by molar-refractivity contribution is 0.557. The lowest BCUT2D eigenvalue weighted by Gasteiger charge is -2.09. The van der Waals surface area contributed by atoms with Crippen molar-refractivity contribution in [2.24, 2.45) is 0 Å². The van der Waals surface area contributed by atoms with Crippen molar-refractivity contribution in [3.8, 4) is 0 Å². The number of nitrogens with one attached hydrogen (secondary N) is 1. The molecule has 0 spiro atoms. The van der Waals surface area contributed by atoms with Gasteiger partial charge < -0.3 is 5.73 Å². The van der Waals surface area contributed by atoms with Gasteiger partial charge in [-0.15, -0.1) is 11.3 Å². The first kappa shape index (κ1) is 14.0. The molecule has 7 heteroatoms. The molecule has 19 heavy (non-hydrogen) atoms. The third-order valence-corrected chi connectivity index (χ3v) is 4.92. The van der Waals surface area contributed by atoms with Crippen molar-refractivity contribution in [1.82, 2.24) is 4.72 Å². The molecule has 0 saturated carbocycles. The predicted octanol–water partition coefficient (Wildman–Crippen LogP) is 2.26. The van der Waals surface area contributed by atoms with Gasteiger partial charge >= 0.3 is 0 Å². The van der Waals surface area contributed by atoms with E-state index in [9.17, 15) is 12.8 Å². The third-order valence-electron chi connectivity index (χ3n) is 2.63. The molecule has 0 unspecified atom stereocenters. The Morgan fingerprint density at radius 1 is 1.42 bits per heavy atom. The molecule has 0 radical (unpaired) electrons. The van der Waals surface area contributed by atoms with Crippen molar-refractivity contribution in [1.29, 1.82) is 0 Å². The molecule has 0 aliphatic carbocycles. The maximum absolute atomic E-state index is 13.7. The zero-order valence-electron chi connectivity index (χ0n) is 10.2. The summed E-state index contributed by atoms with van der Waals surface area (Å²) in [4.78, 5) is 0.427. The van der Waals surface area contributed by atoms with Crippen LogP contribution in [0.25, 0.3) is 0 Å². The van der Waals surface area contributed by atoms with Crippen LogP contribution in [0.5, 0.6) is 0 Å². The van der Waals surface area contributed by atoms with Gasteiger partial charge in [-0.2, -0.15) is 0 Å². The largest absolute Gasteiger partial charge is 0.398 e. The van der Waals surface area contributed by atoms with Crippen LogP contribution in [0.3, 0.4) is 0 Å². The van der Waals surface area contributed by atoms with Crippen LogP contribution in [0.15, 0.2) is 34.5 Å². The van der Waals surface area contributed by atoms with Crippen molar-refractivity contribution >= 4 is 27.0 Å². The average Bonchev–Trinajstić information content (AvgIpc) is 2.84. The zero-order valence-corrected chi connectivity index (χ0v) is 11.8. The minimum absolute atomic E-state index is 0.132. The average molecular weight is 300 g/mol. The molecule has 3 N–H and O–H groups in total. The summed E-state index contributed by atoms with van der Waals surface area (Å²) in [7, 11) is -3.90. The van der Waals surface area contributed by atoms with E-state index in [0.717, 1.165) is 17.0 Å². The molecule has 0 aliphatic rings. The molecule has 102 valence electrons. The number of nitrogen functional groups attached to an aromatic ring is 1. The highest BCUT2D eigenvalue weighted by Gasteiger charge is 2.20. The molecule has 0 atom stereocenters. The summed E-state index contributed by atoms with van der Waals surface area (Å²) in [5, 5.41) is 1.84. The second-order valence-electron chi connectivity index (χ2n) is 4.04. The molecular weight excluding hydrogens is 287 g/mol. The molecule has 4 nitrogen and oxygen atoms in total. The van der Waals surface area contributed by atoms with E-state index in [4.69, 9.17) is 5.73 Å². The first-order chi connectivity index (χ1) is 8.90. The van der Waals surface area contributed by atoms with Crippen molar-refractivity contribution in [2.45, 2.75) is 18.4 Å². The normalized spacial score (nSPS) is 11.7. The van der Waals surface area contributed by atoms with Gasteiger partial charge in [0, 0.05) is 17.1 Å². The van der Waals surface area contributed by atoms with E-state index < -0.39 is 20.7 Å². The Kier molecular flexibility index (Phi) is 3.88. The molecule has 1 aromatic heterocycles. The van der Waals surface area contributed by atoms with Gasteiger partial charge in [0.1, 0.15) is 10.7 Å². The fourth-order valence-electron chi connectivity index (χ4n) is 1.53. The first-order valence-corrected chi connectivity index (χ1v) is 7.84. The number of hydrogen-bond donors (Lipinski definition) is 2. The fourth-order valence-corrected chi connectivity index (χ4v) is 3.37. The molecule has 0 saturated heterocycles. The third kappa shape index (κ3) is 3.12. The molecule has 1 heterocycles. The Morgan fingerprint density at radius 3 is 2.79 bits per heavy atom. The Labute approximate surface area is 115 Å². The topological polar surface area (TPSA) is 72.2 Å². The number of halogens is 1. The van der Waals surface area contributed by atoms with Crippen LogP contribution >= 0.6 is 11.3 Å². The number of benzene rings is 1. The number of hydrogen-bond acceptors (Lipinski definition) is 4. The Morgan fingerprint density at radius 2 is 2.16 bits per heavy atom. The van der Waals surface area contributed by atoms with Crippen LogP contribution in [0.1, 0.15) is 10.4 Å². The second-order valence-corrected chi connectivity index (χ2v) is 6.81. The number of aryl methyl sites for hydroxylation is 1. The van der Waals surface area contributed by atoms with Gasteiger partial charge in [0.25, 0.3) is 0 Å². The molecule has 1 aromatic carbocycles. The van der Waals surface area contributed by atoms with E-state index in [1.54, 1.807) is 13.0 Å². The van der Waals surface area contributed by atoms with Crippen LogP contribution in [0.2, 0.25) is 0 Å². The number of anilines is 1. The summed E-state index contributed by atoms with van der Waals surface area (Å²) in [5.41, 5.74) is 6.38. The maximum atomic E-state index is 13.7. The second kappa shape index (κ2) is 5.28. The Balaban J connectivity index is 2.27. The highest BCUT2D eigenvalue weighted by Crippen LogP contribution is 2.21. The van der Waals surface area contributed by atoms with Crippen molar-refractivity contribution < 1.29 is 12.8 Å². The van der Waals surface area contributed by atoms with Crippen LogP contribution in [-0.4, -0.2) is 8.42 Å². The fraction of sp³-hybridized carbons (Fsp3) is 0.167. The van der Waals surface area contributed by atoms with Crippen LogP contribution in [-0.2, 0) is 16.6 Å². The number of sulfonamides is 1. The Hall–Kier alpha value is -1.44. The summed E-state index contributed by atoms with van der Waals surface area (Å²) in [6.45, 7) is 1.75. The minimum Gasteiger partial charge on any atom is -0.398 e. The van der Waals surface area contributed by atoms with Crippen LogP contribution < -0.4 is 10.5 Å². The molecule has 0 bridgehead atoms. The highest BCUT2D eigenvalue weighted by atomic mass is 32.2. The molecule has 0 amide bonds. The van der Waals surface area contributed by atoms with E-state index >= 15 is 0 Å².